The molecule has 0 aliphatic rings. The lowest BCUT2D eigenvalue weighted by molar-refractivity contribution is 0.0953. The Bertz CT molecular complexity index is 885. The second kappa shape index (κ2) is 8.73. The summed E-state index contributed by atoms with van der Waals surface area (Å²) >= 11 is 5.90. The molecule has 5 nitrogen and oxygen atoms in total. The van der Waals surface area contributed by atoms with Gasteiger partial charge < -0.3 is 10.2 Å². The van der Waals surface area contributed by atoms with E-state index in [1.807, 2.05) is 26.2 Å². The molecule has 0 saturated heterocycles. The van der Waals surface area contributed by atoms with Gasteiger partial charge in [0.2, 0.25) is 0 Å². The van der Waals surface area contributed by atoms with Gasteiger partial charge in [0.1, 0.15) is 0 Å². The fraction of sp³-hybridized carbons (Fsp3) is 0.238. The molecule has 27 heavy (non-hydrogen) atoms. The van der Waals surface area contributed by atoms with Crippen LogP contribution < -0.4 is 10.2 Å². The highest BCUT2D eigenvalue weighted by Gasteiger charge is 2.09. The quantitative estimate of drug-likeness (QED) is 0.629. The standard InChI is InChI=1S/C21H23ClN4O/c1-25(2)19-9-5-16(6-10-19)4-3-13-23-21(27)17-14-24-26(15-17)20-11-7-18(22)8-12-20/h5-12,14-15H,3-4,13H2,1-2H3,(H,23,27). The molecule has 0 unspecified atom stereocenters. The van der Waals surface area contributed by atoms with Crippen molar-refractivity contribution in [3.05, 3.63) is 77.1 Å². The van der Waals surface area contributed by atoms with Crippen LogP contribution in [-0.2, 0) is 6.42 Å². The lowest BCUT2D eigenvalue weighted by Gasteiger charge is -2.12. The molecule has 1 amide bonds. The molecule has 0 bridgehead atoms. The summed E-state index contributed by atoms with van der Waals surface area (Å²) in [6.07, 6.45) is 5.11. The molecule has 0 fully saturated rings. The summed E-state index contributed by atoms with van der Waals surface area (Å²) in [5.74, 6) is -0.113. The third-order valence-corrected chi connectivity index (χ3v) is 4.57. The van der Waals surface area contributed by atoms with Crippen LogP contribution in [0.5, 0.6) is 0 Å². The van der Waals surface area contributed by atoms with Crippen molar-refractivity contribution in [3.8, 4) is 5.69 Å². The van der Waals surface area contributed by atoms with Crippen LogP contribution in [0.15, 0.2) is 60.9 Å². The number of nitrogens with zero attached hydrogens (tertiary/aromatic N) is 3. The highest BCUT2D eigenvalue weighted by molar-refractivity contribution is 6.30. The molecule has 6 heteroatoms. The highest BCUT2D eigenvalue weighted by atomic mass is 35.5. The molecule has 0 radical (unpaired) electrons. The third kappa shape index (κ3) is 5.11. The van der Waals surface area contributed by atoms with Crippen LogP contribution in [0.3, 0.4) is 0 Å². The number of hydrogen-bond acceptors (Lipinski definition) is 3. The Morgan fingerprint density at radius 2 is 1.81 bits per heavy atom. The summed E-state index contributed by atoms with van der Waals surface area (Å²) in [7, 11) is 4.05. The van der Waals surface area contributed by atoms with E-state index in [1.165, 1.54) is 11.3 Å². The van der Waals surface area contributed by atoms with Crippen molar-refractivity contribution >= 4 is 23.2 Å². The van der Waals surface area contributed by atoms with Gasteiger partial charge in [0.15, 0.2) is 0 Å². The van der Waals surface area contributed by atoms with E-state index in [0.29, 0.717) is 17.1 Å². The first-order valence-electron chi connectivity index (χ1n) is 8.88. The number of carbonyl (C=O) groups is 1. The lowest BCUT2D eigenvalue weighted by Crippen LogP contribution is -2.24. The normalized spacial score (nSPS) is 10.6. The Morgan fingerprint density at radius 1 is 1.11 bits per heavy atom. The van der Waals surface area contributed by atoms with E-state index >= 15 is 0 Å². The molecular weight excluding hydrogens is 360 g/mol. The van der Waals surface area contributed by atoms with Crippen LogP contribution in [0.25, 0.3) is 5.69 Å². The predicted octanol–water partition coefficient (Wildman–Crippen LogP) is 3.95. The summed E-state index contributed by atoms with van der Waals surface area (Å²) in [5, 5.41) is 7.86. The van der Waals surface area contributed by atoms with Crippen LogP contribution in [-0.4, -0.2) is 36.3 Å². The molecular formula is C21H23ClN4O. The first kappa shape index (κ1) is 19.0. The number of hydrogen-bond donors (Lipinski definition) is 1. The first-order valence-corrected chi connectivity index (χ1v) is 9.26. The number of halogens is 1. The van der Waals surface area contributed by atoms with Gasteiger partial charge in [-0.05, 0) is 54.8 Å². The van der Waals surface area contributed by atoms with E-state index in [-0.39, 0.29) is 5.91 Å². The summed E-state index contributed by atoms with van der Waals surface area (Å²) in [5.41, 5.74) is 3.86. The summed E-state index contributed by atoms with van der Waals surface area (Å²) in [4.78, 5) is 14.4. The molecule has 140 valence electrons. The summed E-state index contributed by atoms with van der Waals surface area (Å²) in [6, 6.07) is 15.8. The second-order valence-electron chi connectivity index (χ2n) is 6.57. The fourth-order valence-corrected chi connectivity index (χ4v) is 2.86. The van der Waals surface area contributed by atoms with Gasteiger partial charge in [-0.3, -0.25) is 4.79 Å². The molecule has 0 aliphatic heterocycles. The first-order chi connectivity index (χ1) is 13.0. The van der Waals surface area contributed by atoms with Crippen molar-refractivity contribution in [2.75, 3.05) is 25.5 Å². The monoisotopic (exact) mass is 382 g/mol. The van der Waals surface area contributed by atoms with E-state index in [1.54, 1.807) is 29.2 Å². The molecule has 2 aromatic carbocycles. The SMILES string of the molecule is CN(C)c1ccc(CCCNC(=O)c2cnn(-c3ccc(Cl)cc3)c2)cc1. The number of amides is 1. The van der Waals surface area contributed by atoms with Gasteiger partial charge in [-0.15, -0.1) is 0 Å². The van der Waals surface area contributed by atoms with E-state index in [4.69, 9.17) is 11.6 Å². The topological polar surface area (TPSA) is 50.2 Å². The maximum absolute atomic E-state index is 12.3. The zero-order valence-electron chi connectivity index (χ0n) is 15.5. The van der Waals surface area contributed by atoms with Crippen molar-refractivity contribution in [1.82, 2.24) is 15.1 Å². The number of nitrogens with one attached hydrogen (secondary N) is 1. The predicted molar refractivity (Wildman–Crippen MR) is 110 cm³/mol. The number of benzene rings is 2. The van der Waals surface area contributed by atoms with E-state index in [2.05, 4.69) is 39.6 Å². The Morgan fingerprint density at radius 3 is 2.48 bits per heavy atom. The van der Waals surface area contributed by atoms with E-state index in [0.717, 1.165) is 18.5 Å². The molecule has 3 aromatic rings. The van der Waals surface area contributed by atoms with E-state index in [9.17, 15) is 4.79 Å². The molecule has 0 saturated carbocycles. The van der Waals surface area contributed by atoms with Crippen LogP contribution in [0.1, 0.15) is 22.3 Å². The van der Waals surface area contributed by atoms with Gasteiger partial charge in [-0.2, -0.15) is 5.10 Å². The maximum Gasteiger partial charge on any atom is 0.254 e. The maximum atomic E-state index is 12.3. The van der Waals surface area contributed by atoms with Gasteiger partial charge in [0.05, 0.1) is 17.4 Å². The minimum absolute atomic E-state index is 0.113. The van der Waals surface area contributed by atoms with Gasteiger partial charge in [0, 0.05) is 37.5 Å². The Labute approximate surface area is 164 Å². The number of carbonyl (C=O) groups excluding carboxylic acids is 1. The minimum Gasteiger partial charge on any atom is -0.378 e. The zero-order chi connectivity index (χ0) is 19.2. The van der Waals surface area contributed by atoms with Gasteiger partial charge >= 0.3 is 0 Å². The molecule has 1 heterocycles. The van der Waals surface area contributed by atoms with E-state index < -0.39 is 0 Å². The minimum atomic E-state index is -0.113. The lowest BCUT2D eigenvalue weighted by atomic mass is 10.1. The van der Waals surface area contributed by atoms with Crippen LogP contribution in [0.4, 0.5) is 5.69 Å². The zero-order valence-corrected chi connectivity index (χ0v) is 16.3. The van der Waals surface area contributed by atoms with Crippen molar-refractivity contribution in [3.63, 3.8) is 0 Å². The van der Waals surface area contributed by atoms with Crippen molar-refractivity contribution < 1.29 is 4.79 Å². The molecule has 0 aliphatic carbocycles. The Hall–Kier alpha value is -2.79. The van der Waals surface area contributed by atoms with Crippen molar-refractivity contribution in [2.45, 2.75) is 12.8 Å². The number of aryl methyl sites for hydroxylation is 1. The molecule has 0 atom stereocenters. The average molecular weight is 383 g/mol. The van der Waals surface area contributed by atoms with Crippen molar-refractivity contribution in [1.29, 1.82) is 0 Å². The summed E-state index contributed by atoms with van der Waals surface area (Å²) in [6.45, 7) is 0.625. The van der Waals surface area contributed by atoms with Crippen LogP contribution in [0.2, 0.25) is 5.02 Å². The smallest absolute Gasteiger partial charge is 0.254 e. The van der Waals surface area contributed by atoms with Crippen LogP contribution >= 0.6 is 11.6 Å². The Kier molecular flexibility index (Phi) is 6.14. The number of anilines is 1. The average Bonchev–Trinajstić information content (AvgIpc) is 3.16. The highest BCUT2D eigenvalue weighted by Crippen LogP contribution is 2.14. The molecule has 1 N–H and O–H groups in total. The number of aromatic nitrogens is 2. The van der Waals surface area contributed by atoms with Gasteiger partial charge in [-0.1, -0.05) is 23.7 Å². The van der Waals surface area contributed by atoms with Crippen LogP contribution in [0, 0.1) is 0 Å². The largest absolute Gasteiger partial charge is 0.378 e. The summed E-state index contributed by atoms with van der Waals surface area (Å²) < 4.78 is 1.66. The second-order valence-corrected chi connectivity index (χ2v) is 7.01. The number of rotatable bonds is 7. The molecule has 3 rings (SSSR count). The fourth-order valence-electron chi connectivity index (χ4n) is 2.73. The molecule has 1 aromatic heterocycles. The Balaban J connectivity index is 1.47. The van der Waals surface area contributed by atoms with Crippen molar-refractivity contribution in [2.24, 2.45) is 0 Å². The van der Waals surface area contributed by atoms with Gasteiger partial charge in [-0.25, -0.2) is 4.68 Å². The molecule has 0 spiro atoms. The third-order valence-electron chi connectivity index (χ3n) is 4.32. The van der Waals surface area contributed by atoms with Gasteiger partial charge in [0.25, 0.3) is 5.91 Å².